The van der Waals surface area contributed by atoms with Gasteiger partial charge in [-0.05, 0) is 30.7 Å². The van der Waals surface area contributed by atoms with E-state index in [1.165, 1.54) is 0 Å². The van der Waals surface area contributed by atoms with Gasteiger partial charge in [-0.2, -0.15) is 0 Å². The summed E-state index contributed by atoms with van der Waals surface area (Å²) >= 11 is 3.27. The Hall–Kier alpha value is -0.430. The molecule has 0 amide bonds. The summed E-state index contributed by atoms with van der Waals surface area (Å²) in [6.07, 6.45) is 0.684. The van der Waals surface area contributed by atoms with Crippen LogP contribution < -0.4 is 4.72 Å². The normalized spacial score (nSPS) is 13.6. The number of nitrogens with one attached hydrogen (secondary N) is 1. The summed E-state index contributed by atoms with van der Waals surface area (Å²) in [4.78, 5) is 0.259. The average molecular weight is 322 g/mol. The first kappa shape index (κ1) is 14.6. The topological polar surface area (TPSA) is 55.4 Å². The van der Waals surface area contributed by atoms with E-state index in [9.17, 15) is 8.42 Å². The molecule has 6 heteroatoms. The molecule has 0 radical (unpaired) electrons. The molecular formula is C11H16BrNO3S. The predicted octanol–water partition coefficient (Wildman–Crippen LogP) is 2.15. The van der Waals surface area contributed by atoms with Crippen molar-refractivity contribution in [3.8, 4) is 0 Å². The number of benzene rings is 1. The molecule has 0 bridgehead atoms. The Morgan fingerprint density at radius 3 is 2.41 bits per heavy atom. The van der Waals surface area contributed by atoms with Crippen molar-refractivity contribution in [2.75, 3.05) is 13.7 Å². The van der Waals surface area contributed by atoms with Crippen LogP contribution in [0.5, 0.6) is 0 Å². The zero-order valence-electron chi connectivity index (χ0n) is 9.81. The first-order chi connectivity index (χ1) is 7.99. The Morgan fingerprint density at radius 2 is 1.94 bits per heavy atom. The van der Waals surface area contributed by atoms with Crippen LogP contribution in [-0.4, -0.2) is 28.2 Å². The van der Waals surface area contributed by atoms with Gasteiger partial charge >= 0.3 is 0 Å². The lowest BCUT2D eigenvalue weighted by molar-refractivity contribution is 0.173. The van der Waals surface area contributed by atoms with Crippen molar-refractivity contribution in [2.24, 2.45) is 0 Å². The third-order valence-electron chi connectivity index (χ3n) is 2.31. The molecule has 1 N–H and O–H groups in total. The van der Waals surface area contributed by atoms with Crippen molar-refractivity contribution < 1.29 is 13.2 Å². The lowest BCUT2D eigenvalue weighted by Crippen LogP contribution is -2.37. The molecule has 96 valence electrons. The highest BCUT2D eigenvalue weighted by Crippen LogP contribution is 2.15. The Morgan fingerprint density at radius 1 is 1.35 bits per heavy atom. The number of halogens is 1. The number of hydrogen-bond acceptors (Lipinski definition) is 3. The molecule has 1 aromatic carbocycles. The van der Waals surface area contributed by atoms with E-state index < -0.39 is 10.0 Å². The van der Waals surface area contributed by atoms with Crippen LogP contribution in [0, 0.1) is 0 Å². The zero-order valence-corrected chi connectivity index (χ0v) is 12.2. The van der Waals surface area contributed by atoms with Gasteiger partial charge in [-0.25, -0.2) is 13.1 Å². The average Bonchev–Trinajstić information content (AvgIpc) is 2.28. The van der Waals surface area contributed by atoms with Crippen LogP contribution in [0.25, 0.3) is 0 Å². The molecule has 17 heavy (non-hydrogen) atoms. The summed E-state index contributed by atoms with van der Waals surface area (Å²) < 4.78 is 32.4. The third-order valence-corrected chi connectivity index (χ3v) is 4.37. The highest BCUT2D eigenvalue weighted by atomic mass is 79.9. The molecule has 4 nitrogen and oxygen atoms in total. The molecule has 0 aliphatic heterocycles. The minimum absolute atomic E-state index is 0.200. The number of hydrogen-bond donors (Lipinski definition) is 1. The van der Waals surface area contributed by atoms with Crippen molar-refractivity contribution in [2.45, 2.75) is 24.3 Å². The first-order valence-electron chi connectivity index (χ1n) is 5.26. The van der Waals surface area contributed by atoms with Gasteiger partial charge in [0.2, 0.25) is 10.0 Å². The largest absolute Gasteiger partial charge is 0.383 e. The monoisotopic (exact) mass is 321 g/mol. The van der Waals surface area contributed by atoms with Crippen LogP contribution in [0.15, 0.2) is 33.6 Å². The molecule has 1 atom stereocenters. The van der Waals surface area contributed by atoms with Crippen molar-refractivity contribution >= 4 is 26.0 Å². The minimum atomic E-state index is -3.46. The molecule has 1 aromatic rings. The molecular weight excluding hydrogens is 306 g/mol. The molecule has 1 rings (SSSR count). The quantitative estimate of drug-likeness (QED) is 0.873. The highest BCUT2D eigenvalue weighted by Gasteiger charge is 2.18. The van der Waals surface area contributed by atoms with Gasteiger partial charge in [0.15, 0.2) is 0 Å². The molecule has 0 spiro atoms. The fourth-order valence-electron chi connectivity index (χ4n) is 1.34. The van der Waals surface area contributed by atoms with E-state index in [1.54, 1.807) is 31.4 Å². The van der Waals surface area contributed by atoms with E-state index in [-0.39, 0.29) is 10.9 Å². The lowest BCUT2D eigenvalue weighted by Gasteiger charge is -2.16. The Bertz CT molecular complexity index is 444. The van der Waals surface area contributed by atoms with E-state index in [2.05, 4.69) is 20.7 Å². The summed E-state index contributed by atoms with van der Waals surface area (Å²) in [6.45, 7) is 2.28. The summed E-state index contributed by atoms with van der Waals surface area (Å²) in [6, 6.07) is 6.32. The number of rotatable bonds is 6. The molecule has 0 fully saturated rings. The predicted molar refractivity (Wildman–Crippen MR) is 70.4 cm³/mol. The van der Waals surface area contributed by atoms with E-state index in [4.69, 9.17) is 4.74 Å². The Balaban J connectivity index is 2.84. The minimum Gasteiger partial charge on any atom is -0.383 e. The Labute approximate surface area is 111 Å². The van der Waals surface area contributed by atoms with E-state index in [1.807, 2.05) is 6.92 Å². The lowest BCUT2D eigenvalue weighted by atomic mass is 10.3. The summed E-state index contributed by atoms with van der Waals surface area (Å²) in [5.74, 6) is 0. The van der Waals surface area contributed by atoms with Crippen molar-refractivity contribution in [1.29, 1.82) is 0 Å². The van der Waals surface area contributed by atoms with Gasteiger partial charge in [-0.1, -0.05) is 22.9 Å². The number of sulfonamides is 1. The highest BCUT2D eigenvalue weighted by molar-refractivity contribution is 9.10. The van der Waals surface area contributed by atoms with Gasteiger partial charge < -0.3 is 4.74 Å². The van der Waals surface area contributed by atoms with E-state index >= 15 is 0 Å². The smallest absolute Gasteiger partial charge is 0.240 e. The van der Waals surface area contributed by atoms with Gasteiger partial charge in [0.1, 0.15) is 0 Å². The summed E-state index contributed by atoms with van der Waals surface area (Å²) in [5.41, 5.74) is 0. The van der Waals surface area contributed by atoms with Crippen LogP contribution >= 0.6 is 15.9 Å². The SMILES string of the molecule is CCC(COC)NS(=O)(=O)c1ccc(Br)cc1. The van der Waals surface area contributed by atoms with Crippen LogP contribution in [0.3, 0.4) is 0 Å². The van der Waals surface area contributed by atoms with Crippen LogP contribution in [0.2, 0.25) is 0 Å². The second kappa shape index (κ2) is 6.49. The maximum absolute atomic E-state index is 12.0. The van der Waals surface area contributed by atoms with Gasteiger partial charge in [0, 0.05) is 17.6 Å². The fourth-order valence-corrected chi connectivity index (χ4v) is 2.91. The van der Waals surface area contributed by atoms with Gasteiger partial charge in [0.25, 0.3) is 0 Å². The molecule has 0 aliphatic carbocycles. The zero-order chi connectivity index (χ0) is 12.9. The molecule has 0 aromatic heterocycles. The maximum atomic E-state index is 12.0. The second-order valence-electron chi connectivity index (χ2n) is 3.64. The van der Waals surface area contributed by atoms with Crippen molar-refractivity contribution in [3.63, 3.8) is 0 Å². The summed E-state index contributed by atoms with van der Waals surface area (Å²) in [7, 11) is -1.91. The van der Waals surface area contributed by atoms with Gasteiger partial charge in [0.05, 0.1) is 11.5 Å². The van der Waals surface area contributed by atoms with Crippen molar-refractivity contribution in [1.82, 2.24) is 4.72 Å². The third kappa shape index (κ3) is 4.39. The number of ether oxygens (including phenoxy) is 1. The second-order valence-corrected chi connectivity index (χ2v) is 6.27. The van der Waals surface area contributed by atoms with Gasteiger partial charge in [-0.15, -0.1) is 0 Å². The molecule has 0 saturated carbocycles. The maximum Gasteiger partial charge on any atom is 0.240 e. The van der Waals surface area contributed by atoms with Crippen LogP contribution in [0.4, 0.5) is 0 Å². The fraction of sp³-hybridized carbons (Fsp3) is 0.455. The molecule has 1 unspecified atom stereocenters. The van der Waals surface area contributed by atoms with E-state index in [0.29, 0.717) is 13.0 Å². The molecule has 0 saturated heterocycles. The molecule has 0 aliphatic rings. The van der Waals surface area contributed by atoms with Gasteiger partial charge in [-0.3, -0.25) is 0 Å². The number of methoxy groups -OCH3 is 1. The van der Waals surface area contributed by atoms with Crippen molar-refractivity contribution in [3.05, 3.63) is 28.7 Å². The standard InChI is InChI=1S/C11H16BrNO3S/c1-3-10(8-16-2)13-17(14,15)11-6-4-9(12)5-7-11/h4-7,10,13H,3,8H2,1-2H3. The van der Waals surface area contributed by atoms with E-state index in [0.717, 1.165) is 4.47 Å². The Kier molecular flexibility index (Phi) is 5.58. The first-order valence-corrected chi connectivity index (χ1v) is 7.54. The summed E-state index contributed by atoms with van der Waals surface area (Å²) in [5, 5.41) is 0. The van der Waals surface area contributed by atoms with Crippen LogP contribution in [-0.2, 0) is 14.8 Å². The molecule has 0 heterocycles. The van der Waals surface area contributed by atoms with Crippen LogP contribution in [0.1, 0.15) is 13.3 Å².